The lowest BCUT2D eigenvalue weighted by Crippen LogP contribution is -2.44. The van der Waals surface area contributed by atoms with Crippen molar-refractivity contribution in [1.29, 1.82) is 0 Å². The molecule has 0 aromatic heterocycles. The van der Waals surface area contributed by atoms with Crippen LogP contribution in [0.15, 0.2) is 24.3 Å². The molecule has 2 rings (SSSR count). The Balaban J connectivity index is 2.04. The van der Waals surface area contributed by atoms with Crippen molar-refractivity contribution >= 4 is 21.6 Å². The van der Waals surface area contributed by atoms with Crippen LogP contribution in [0.2, 0.25) is 0 Å². The van der Waals surface area contributed by atoms with Crippen LogP contribution in [0.3, 0.4) is 0 Å². The monoisotopic (exact) mass is 356 g/mol. The summed E-state index contributed by atoms with van der Waals surface area (Å²) in [5.41, 5.74) is 0.158. The highest BCUT2D eigenvalue weighted by molar-refractivity contribution is 7.92. The molecule has 1 N–H and O–H groups in total. The van der Waals surface area contributed by atoms with Crippen molar-refractivity contribution in [2.75, 3.05) is 17.1 Å². The maximum absolute atomic E-state index is 13.4. The van der Waals surface area contributed by atoms with Gasteiger partial charge in [-0.25, -0.2) is 12.8 Å². The van der Waals surface area contributed by atoms with Gasteiger partial charge in [-0.1, -0.05) is 38.2 Å². The Hall–Kier alpha value is -1.63. The molecule has 0 aliphatic heterocycles. The summed E-state index contributed by atoms with van der Waals surface area (Å²) in [6.07, 6.45) is 8.59. The van der Waals surface area contributed by atoms with Crippen LogP contribution in [0.5, 0.6) is 0 Å². The fourth-order valence-corrected chi connectivity index (χ4v) is 3.88. The molecule has 1 aromatic carbocycles. The number of rotatable bonds is 5. The molecule has 24 heavy (non-hydrogen) atoms. The zero-order valence-corrected chi connectivity index (χ0v) is 14.8. The second-order valence-electron chi connectivity index (χ2n) is 6.36. The standard InChI is InChI=1S/C17H25FN2O3S/c1-24(22,23)20(16-11-7-8-14(18)12-16)13-17(21)19-15-9-5-3-2-4-6-10-15/h7-8,11-12,15H,2-6,9-10,13H2,1H3,(H,19,21). The molecular weight excluding hydrogens is 331 g/mol. The van der Waals surface area contributed by atoms with E-state index in [4.69, 9.17) is 0 Å². The van der Waals surface area contributed by atoms with Crippen LogP contribution in [-0.4, -0.2) is 33.2 Å². The van der Waals surface area contributed by atoms with E-state index >= 15 is 0 Å². The topological polar surface area (TPSA) is 66.5 Å². The lowest BCUT2D eigenvalue weighted by Gasteiger charge is -2.25. The van der Waals surface area contributed by atoms with Gasteiger partial charge in [0.05, 0.1) is 11.9 Å². The third-order valence-corrected chi connectivity index (χ3v) is 5.39. The van der Waals surface area contributed by atoms with Crippen molar-refractivity contribution in [3.05, 3.63) is 30.1 Å². The molecule has 7 heteroatoms. The van der Waals surface area contributed by atoms with Crippen molar-refractivity contribution in [2.45, 2.75) is 51.0 Å². The molecule has 134 valence electrons. The van der Waals surface area contributed by atoms with Crippen molar-refractivity contribution in [3.63, 3.8) is 0 Å². The van der Waals surface area contributed by atoms with E-state index in [0.29, 0.717) is 0 Å². The van der Waals surface area contributed by atoms with E-state index in [1.54, 1.807) is 0 Å². The van der Waals surface area contributed by atoms with Crippen molar-refractivity contribution in [2.24, 2.45) is 0 Å². The van der Waals surface area contributed by atoms with Crippen LogP contribution in [0, 0.1) is 5.82 Å². The molecule has 5 nitrogen and oxygen atoms in total. The van der Waals surface area contributed by atoms with Gasteiger partial charge < -0.3 is 5.32 Å². The maximum Gasteiger partial charge on any atom is 0.240 e. The first-order valence-electron chi connectivity index (χ1n) is 8.39. The number of nitrogens with one attached hydrogen (secondary N) is 1. The molecular formula is C17H25FN2O3S. The van der Waals surface area contributed by atoms with E-state index in [-0.39, 0.29) is 24.2 Å². The number of hydrogen-bond donors (Lipinski definition) is 1. The minimum Gasteiger partial charge on any atom is -0.352 e. The highest BCUT2D eigenvalue weighted by Gasteiger charge is 2.23. The Kier molecular flexibility index (Phi) is 6.60. The first-order chi connectivity index (χ1) is 11.4. The fourth-order valence-electron chi connectivity index (χ4n) is 3.04. The Morgan fingerprint density at radius 2 is 1.83 bits per heavy atom. The third kappa shape index (κ3) is 5.78. The molecule has 0 atom stereocenters. The summed E-state index contributed by atoms with van der Waals surface area (Å²) in [6, 6.07) is 5.34. The molecule has 0 saturated heterocycles. The predicted molar refractivity (Wildman–Crippen MR) is 92.8 cm³/mol. The molecule has 0 spiro atoms. The molecule has 0 unspecified atom stereocenters. The Bertz CT molecular complexity index is 656. The molecule has 0 radical (unpaired) electrons. The molecule has 1 aromatic rings. The molecule has 1 aliphatic carbocycles. The van der Waals surface area contributed by atoms with Gasteiger partial charge in [0.2, 0.25) is 15.9 Å². The smallest absolute Gasteiger partial charge is 0.240 e. The molecule has 1 amide bonds. The van der Waals surface area contributed by atoms with Gasteiger partial charge in [0.25, 0.3) is 0 Å². The van der Waals surface area contributed by atoms with Crippen LogP contribution in [-0.2, 0) is 14.8 Å². The van der Waals surface area contributed by atoms with Crippen LogP contribution >= 0.6 is 0 Å². The summed E-state index contributed by atoms with van der Waals surface area (Å²) in [6.45, 7) is -0.335. The van der Waals surface area contributed by atoms with Gasteiger partial charge in [-0.05, 0) is 31.0 Å². The number of amides is 1. The first kappa shape index (κ1) is 18.7. The quantitative estimate of drug-likeness (QED) is 0.882. The minimum absolute atomic E-state index is 0.0896. The van der Waals surface area contributed by atoms with Crippen molar-refractivity contribution in [3.8, 4) is 0 Å². The Morgan fingerprint density at radius 3 is 2.42 bits per heavy atom. The van der Waals surface area contributed by atoms with Crippen LogP contribution in [0.4, 0.5) is 10.1 Å². The van der Waals surface area contributed by atoms with Gasteiger partial charge in [-0.3, -0.25) is 9.10 Å². The summed E-state index contributed by atoms with van der Waals surface area (Å²) >= 11 is 0. The normalized spacial score (nSPS) is 16.9. The minimum atomic E-state index is -3.68. The second-order valence-corrected chi connectivity index (χ2v) is 8.27. The van der Waals surface area contributed by atoms with E-state index in [0.717, 1.165) is 42.3 Å². The van der Waals surface area contributed by atoms with Gasteiger partial charge in [-0.2, -0.15) is 0 Å². The highest BCUT2D eigenvalue weighted by Crippen LogP contribution is 2.19. The van der Waals surface area contributed by atoms with E-state index in [1.807, 2.05) is 0 Å². The number of carbonyl (C=O) groups excluding carboxylic acids is 1. The third-order valence-electron chi connectivity index (χ3n) is 4.25. The predicted octanol–water partition coefficient (Wildman–Crippen LogP) is 2.82. The van der Waals surface area contributed by atoms with Gasteiger partial charge in [0.15, 0.2) is 0 Å². The number of sulfonamides is 1. The summed E-state index contributed by atoms with van der Waals surface area (Å²) < 4.78 is 38.3. The Morgan fingerprint density at radius 1 is 1.21 bits per heavy atom. The average molecular weight is 356 g/mol. The zero-order valence-electron chi connectivity index (χ0n) is 14.0. The van der Waals surface area contributed by atoms with E-state index in [1.165, 1.54) is 37.5 Å². The second kappa shape index (κ2) is 8.46. The van der Waals surface area contributed by atoms with Crippen molar-refractivity contribution < 1.29 is 17.6 Å². The molecule has 1 fully saturated rings. The van der Waals surface area contributed by atoms with Crippen LogP contribution < -0.4 is 9.62 Å². The van der Waals surface area contributed by atoms with Gasteiger partial charge in [-0.15, -0.1) is 0 Å². The summed E-state index contributed by atoms with van der Waals surface area (Å²) in [7, 11) is -3.68. The van der Waals surface area contributed by atoms with Crippen molar-refractivity contribution in [1.82, 2.24) is 5.32 Å². The van der Waals surface area contributed by atoms with Crippen LogP contribution in [0.25, 0.3) is 0 Å². The van der Waals surface area contributed by atoms with Gasteiger partial charge in [0, 0.05) is 6.04 Å². The molecule has 0 heterocycles. The maximum atomic E-state index is 13.4. The highest BCUT2D eigenvalue weighted by atomic mass is 32.2. The largest absolute Gasteiger partial charge is 0.352 e. The number of hydrogen-bond acceptors (Lipinski definition) is 3. The van der Waals surface area contributed by atoms with Crippen LogP contribution in [0.1, 0.15) is 44.9 Å². The number of halogens is 1. The molecule has 1 aliphatic rings. The van der Waals surface area contributed by atoms with Gasteiger partial charge in [0.1, 0.15) is 12.4 Å². The summed E-state index contributed by atoms with van der Waals surface area (Å²) in [4.78, 5) is 12.3. The fraction of sp³-hybridized carbons (Fsp3) is 0.588. The average Bonchev–Trinajstić information content (AvgIpc) is 2.46. The van der Waals surface area contributed by atoms with E-state index in [2.05, 4.69) is 5.32 Å². The lowest BCUT2D eigenvalue weighted by molar-refractivity contribution is -0.120. The summed E-state index contributed by atoms with van der Waals surface area (Å²) in [5, 5.41) is 2.93. The molecule has 1 saturated carbocycles. The first-order valence-corrected chi connectivity index (χ1v) is 10.2. The Labute approximate surface area is 143 Å². The number of benzene rings is 1. The lowest BCUT2D eigenvalue weighted by atomic mass is 9.97. The summed E-state index contributed by atoms with van der Waals surface area (Å²) in [5.74, 6) is -0.892. The SMILES string of the molecule is CS(=O)(=O)N(CC(=O)NC1CCCCCCC1)c1cccc(F)c1. The zero-order chi connectivity index (χ0) is 17.6. The number of anilines is 1. The molecule has 0 bridgehead atoms. The van der Waals surface area contributed by atoms with Gasteiger partial charge >= 0.3 is 0 Å². The number of nitrogens with zero attached hydrogens (tertiary/aromatic N) is 1. The van der Waals surface area contributed by atoms with E-state index in [9.17, 15) is 17.6 Å². The van der Waals surface area contributed by atoms with E-state index < -0.39 is 15.8 Å². The number of carbonyl (C=O) groups is 1.